The van der Waals surface area contributed by atoms with Crippen molar-refractivity contribution in [2.24, 2.45) is 0 Å². The Bertz CT molecular complexity index is 1210. The monoisotopic (exact) mass is 375 g/mol. The van der Waals surface area contributed by atoms with E-state index in [0.29, 0.717) is 33.0 Å². The van der Waals surface area contributed by atoms with E-state index >= 15 is 0 Å². The summed E-state index contributed by atoms with van der Waals surface area (Å²) in [5, 5.41) is 21.0. The third-order valence-electron chi connectivity index (χ3n) is 4.15. The van der Waals surface area contributed by atoms with Crippen LogP contribution >= 0.6 is 11.6 Å². The third kappa shape index (κ3) is 2.88. The fraction of sp³-hybridized carbons (Fsp3) is 0. The summed E-state index contributed by atoms with van der Waals surface area (Å²) in [6, 6.07) is 15.4. The van der Waals surface area contributed by atoms with Crippen LogP contribution in [-0.4, -0.2) is 19.5 Å². The number of non-ortho nitro benzene ring substituents is 1. The summed E-state index contributed by atoms with van der Waals surface area (Å²) in [7, 11) is 0. The Morgan fingerprint density at radius 1 is 1.07 bits per heavy atom. The fourth-order valence-electron chi connectivity index (χ4n) is 2.90. The minimum absolute atomic E-state index is 0.00936. The van der Waals surface area contributed by atoms with E-state index in [9.17, 15) is 15.4 Å². The molecule has 0 amide bonds. The molecule has 0 unspecified atom stereocenters. The maximum absolute atomic E-state index is 10.9. The van der Waals surface area contributed by atoms with Gasteiger partial charge >= 0.3 is 0 Å². The SMILES string of the molecule is N#Cc1cn(-c2ccc([N+](=O)[O-])cc2)c2c(-c3ccc(Cl)cc3)ncnc12. The first-order valence-electron chi connectivity index (χ1n) is 7.85. The van der Waals surface area contributed by atoms with E-state index in [2.05, 4.69) is 16.0 Å². The molecular formula is C19H10ClN5O2. The molecule has 4 aromatic rings. The quantitative estimate of drug-likeness (QED) is 0.387. The van der Waals surface area contributed by atoms with E-state index in [1.807, 2.05) is 12.1 Å². The highest BCUT2D eigenvalue weighted by molar-refractivity contribution is 6.30. The molecule has 0 saturated heterocycles. The van der Waals surface area contributed by atoms with Gasteiger partial charge in [0.15, 0.2) is 0 Å². The number of benzene rings is 2. The molecular weight excluding hydrogens is 366 g/mol. The van der Waals surface area contributed by atoms with Crippen LogP contribution in [0.4, 0.5) is 5.69 Å². The van der Waals surface area contributed by atoms with Crippen LogP contribution in [0.25, 0.3) is 28.0 Å². The van der Waals surface area contributed by atoms with E-state index in [0.717, 1.165) is 5.56 Å². The summed E-state index contributed by atoms with van der Waals surface area (Å²) >= 11 is 5.98. The van der Waals surface area contributed by atoms with Crippen LogP contribution in [0.3, 0.4) is 0 Å². The lowest BCUT2D eigenvalue weighted by molar-refractivity contribution is -0.384. The van der Waals surface area contributed by atoms with Crippen molar-refractivity contribution in [1.29, 1.82) is 5.26 Å². The van der Waals surface area contributed by atoms with Gasteiger partial charge in [0.2, 0.25) is 0 Å². The Balaban J connectivity index is 1.99. The molecule has 0 radical (unpaired) electrons. The molecule has 2 aromatic carbocycles. The van der Waals surface area contributed by atoms with Gasteiger partial charge in [0.05, 0.1) is 21.7 Å². The van der Waals surface area contributed by atoms with Crippen LogP contribution in [0, 0.1) is 21.4 Å². The summed E-state index contributed by atoms with van der Waals surface area (Å²) in [6.45, 7) is 0. The van der Waals surface area contributed by atoms with Gasteiger partial charge in [0.1, 0.15) is 17.9 Å². The Labute approximate surface area is 158 Å². The largest absolute Gasteiger partial charge is 0.312 e. The van der Waals surface area contributed by atoms with Crippen molar-refractivity contribution in [2.75, 3.05) is 0 Å². The molecule has 0 N–H and O–H groups in total. The van der Waals surface area contributed by atoms with Gasteiger partial charge in [-0.2, -0.15) is 5.26 Å². The van der Waals surface area contributed by atoms with Gasteiger partial charge in [-0.05, 0) is 24.3 Å². The molecule has 0 aliphatic carbocycles. The van der Waals surface area contributed by atoms with Gasteiger partial charge in [-0.3, -0.25) is 10.1 Å². The molecule has 2 aromatic heterocycles. The minimum Gasteiger partial charge on any atom is -0.312 e. The molecule has 0 fully saturated rings. The van der Waals surface area contributed by atoms with E-state index in [1.54, 1.807) is 35.0 Å². The number of nitro groups is 1. The van der Waals surface area contributed by atoms with Crippen LogP contribution in [0.1, 0.15) is 5.56 Å². The molecule has 8 heteroatoms. The number of nitrogens with zero attached hydrogens (tertiary/aromatic N) is 5. The summed E-state index contributed by atoms with van der Waals surface area (Å²) in [6.07, 6.45) is 3.06. The van der Waals surface area contributed by atoms with Crippen molar-refractivity contribution >= 4 is 28.3 Å². The highest BCUT2D eigenvalue weighted by Gasteiger charge is 2.17. The first kappa shape index (κ1) is 16.7. The summed E-state index contributed by atoms with van der Waals surface area (Å²) in [5.41, 5.74) is 3.65. The normalized spacial score (nSPS) is 10.7. The van der Waals surface area contributed by atoms with E-state index < -0.39 is 4.92 Å². The lowest BCUT2D eigenvalue weighted by Crippen LogP contribution is -1.97. The number of halogens is 1. The van der Waals surface area contributed by atoms with Crippen molar-refractivity contribution in [2.45, 2.75) is 0 Å². The van der Waals surface area contributed by atoms with Crippen molar-refractivity contribution in [3.05, 3.63) is 81.8 Å². The Morgan fingerprint density at radius 2 is 1.78 bits per heavy atom. The van der Waals surface area contributed by atoms with Crippen LogP contribution in [0.2, 0.25) is 5.02 Å². The average molecular weight is 376 g/mol. The predicted octanol–water partition coefficient (Wildman–Crippen LogP) is 4.52. The number of hydrogen-bond acceptors (Lipinski definition) is 5. The first-order chi connectivity index (χ1) is 13.1. The standard InChI is InChI=1S/C19H10ClN5O2/c20-14-3-1-12(2-4-14)17-19-18(23-11-22-17)13(9-21)10-24(19)15-5-7-16(8-6-15)25(26)27/h1-8,10-11H. The van der Waals surface area contributed by atoms with Crippen LogP contribution in [0.15, 0.2) is 61.1 Å². The van der Waals surface area contributed by atoms with Crippen molar-refractivity contribution < 1.29 is 4.92 Å². The van der Waals surface area contributed by atoms with Crippen LogP contribution in [-0.2, 0) is 0 Å². The van der Waals surface area contributed by atoms with Crippen molar-refractivity contribution in [3.8, 4) is 23.0 Å². The minimum atomic E-state index is -0.458. The molecule has 0 bridgehead atoms. The van der Waals surface area contributed by atoms with Gasteiger partial charge in [-0.25, -0.2) is 9.97 Å². The second kappa shape index (κ2) is 6.52. The van der Waals surface area contributed by atoms with E-state index in [1.165, 1.54) is 18.5 Å². The molecule has 27 heavy (non-hydrogen) atoms. The zero-order valence-corrected chi connectivity index (χ0v) is 14.5. The molecule has 0 spiro atoms. The maximum atomic E-state index is 10.9. The molecule has 0 aliphatic rings. The van der Waals surface area contributed by atoms with Gasteiger partial charge < -0.3 is 4.57 Å². The molecule has 2 heterocycles. The molecule has 0 atom stereocenters. The lowest BCUT2D eigenvalue weighted by Gasteiger charge is -2.09. The molecule has 7 nitrogen and oxygen atoms in total. The number of hydrogen-bond donors (Lipinski definition) is 0. The third-order valence-corrected chi connectivity index (χ3v) is 4.41. The predicted molar refractivity (Wildman–Crippen MR) is 101 cm³/mol. The maximum Gasteiger partial charge on any atom is 0.269 e. The molecule has 4 rings (SSSR count). The molecule has 130 valence electrons. The van der Waals surface area contributed by atoms with Gasteiger partial charge in [0, 0.05) is 34.6 Å². The number of nitriles is 1. The Kier molecular flexibility index (Phi) is 4.03. The van der Waals surface area contributed by atoms with Crippen LogP contribution < -0.4 is 0 Å². The van der Waals surface area contributed by atoms with E-state index in [4.69, 9.17) is 11.6 Å². The highest BCUT2D eigenvalue weighted by Crippen LogP contribution is 2.31. The highest BCUT2D eigenvalue weighted by atomic mass is 35.5. The van der Waals surface area contributed by atoms with Gasteiger partial charge in [0.25, 0.3) is 5.69 Å². The summed E-state index contributed by atoms with van der Waals surface area (Å²) in [5.74, 6) is 0. The van der Waals surface area contributed by atoms with Gasteiger partial charge in [-0.15, -0.1) is 0 Å². The first-order valence-corrected chi connectivity index (χ1v) is 8.23. The zero-order valence-electron chi connectivity index (χ0n) is 13.7. The van der Waals surface area contributed by atoms with Crippen molar-refractivity contribution in [1.82, 2.24) is 14.5 Å². The molecule has 0 saturated carbocycles. The Hall–Kier alpha value is -3.76. The smallest absolute Gasteiger partial charge is 0.269 e. The second-order valence-corrected chi connectivity index (χ2v) is 6.16. The average Bonchev–Trinajstić information content (AvgIpc) is 3.08. The summed E-state index contributed by atoms with van der Waals surface area (Å²) < 4.78 is 1.77. The second-order valence-electron chi connectivity index (χ2n) is 5.72. The number of aromatic nitrogens is 3. The van der Waals surface area contributed by atoms with Crippen molar-refractivity contribution in [3.63, 3.8) is 0 Å². The van der Waals surface area contributed by atoms with Crippen LogP contribution in [0.5, 0.6) is 0 Å². The zero-order chi connectivity index (χ0) is 19.0. The Morgan fingerprint density at radius 3 is 2.41 bits per heavy atom. The number of rotatable bonds is 3. The number of fused-ring (bicyclic) bond motifs is 1. The number of nitro benzene ring substituents is 1. The topological polar surface area (TPSA) is 97.6 Å². The lowest BCUT2D eigenvalue weighted by atomic mass is 10.1. The van der Waals surface area contributed by atoms with Gasteiger partial charge in [-0.1, -0.05) is 23.7 Å². The summed E-state index contributed by atoms with van der Waals surface area (Å²) in [4.78, 5) is 19.1. The molecule has 0 aliphatic heterocycles. The fourth-order valence-corrected chi connectivity index (χ4v) is 3.02. The van der Waals surface area contributed by atoms with E-state index in [-0.39, 0.29) is 5.69 Å².